The average Bonchev–Trinajstić information content (AvgIpc) is 2.37. The van der Waals surface area contributed by atoms with Crippen molar-refractivity contribution >= 4 is 28.3 Å². The van der Waals surface area contributed by atoms with Gasteiger partial charge in [0.25, 0.3) is 0 Å². The summed E-state index contributed by atoms with van der Waals surface area (Å²) in [5.74, 6) is 0.751. The molecule has 3 rings (SSSR count). The number of aliphatic hydroxyl groups excluding tert-OH is 1. The van der Waals surface area contributed by atoms with E-state index in [1.165, 1.54) is 6.33 Å². The number of aliphatic hydroxyl groups is 1. The molecule has 5 nitrogen and oxygen atoms in total. The second kappa shape index (κ2) is 4.92. The Morgan fingerprint density at radius 3 is 2.89 bits per heavy atom. The van der Waals surface area contributed by atoms with Gasteiger partial charge in [0, 0.05) is 17.0 Å². The molecule has 0 saturated carbocycles. The average molecular weight is 280 g/mol. The fourth-order valence-corrected chi connectivity index (χ4v) is 2.25. The van der Waals surface area contributed by atoms with Gasteiger partial charge in [-0.2, -0.15) is 0 Å². The fraction of sp³-hybridized carbons (Fsp3) is 0.385. The van der Waals surface area contributed by atoms with Gasteiger partial charge in [0.2, 0.25) is 0 Å². The molecule has 1 aliphatic rings. The maximum Gasteiger partial charge on any atom is 0.137 e. The zero-order valence-electron chi connectivity index (χ0n) is 10.3. The molecule has 0 amide bonds. The second-order valence-electron chi connectivity index (χ2n) is 4.89. The highest BCUT2D eigenvalue weighted by Crippen LogP contribution is 2.28. The minimum Gasteiger partial charge on any atom is -0.396 e. The Morgan fingerprint density at radius 1 is 1.37 bits per heavy atom. The van der Waals surface area contributed by atoms with Crippen LogP contribution in [-0.2, 0) is 4.74 Å². The number of rotatable bonds is 4. The summed E-state index contributed by atoms with van der Waals surface area (Å²) in [6.45, 7) is 1.88. The molecule has 100 valence electrons. The van der Waals surface area contributed by atoms with E-state index in [1.54, 1.807) is 6.07 Å². The third kappa shape index (κ3) is 2.36. The highest BCUT2D eigenvalue weighted by molar-refractivity contribution is 6.31. The molecule has 1 saturated heterocycles. The van der Waals surface area contributed by atoms with E-state index in [2.05, 4.69) is 15.3 Å². The van der Waals surface area contributed by atoms with Crippen LogP contribution in [0.15, 0.2) is 24.5 Å². The van der Waals surface area contributed by atoms with Crippen LogP contribution in [0.3, 0.4) is 0 Å². The van der Waals surface area contributed by atoms with Crippen LogP contribution < -0.4 is 5.32 Å². The topological polar surface area (TPSA) is 67.3 Å². The molecule has 2 N–H and O–H groups in total. The molecule has 0 atom stereocenters. The van der Waals surface area contributed by atoms with Crippen LogP contribution in [0, 0.1) is 5.41 Å². The van der Waals surface area contributed by atoms with Crippen LogP contribution in [0.5, 0.6) is 0 Å². The molecular weight excluding hydrogens is 266 g/mol. The summed E-state index contributed by atoms with van der Waals surface area (Å²) in [4.78, 5) is 8.44. The molecular formula is C13H14ClN3O2. The number of aromatic nitrogens is 2. The summed E-state index contributed by atoms with van der Waals surface area (Å²) in [7, 11) is 0. The molecule has 0 bridgehead atoms. The summed E-state index contributed by atoms with van der Waals surface area (Å²) in [5.41, 5.74) is 0.608. The Kier molecular flexibility index (Phi) is 3.26. The summed E-state index contributed by atoms with van der Waals surface area (Å²) in [6.07, 6.45) is 1.50. The molecule has 2 heterocycles. The molecule has 2 aromatic rings. The Labute approximate surface area is 115 Å². The number of fused-ring (bicyclic) bond motifs is 1. The Hall–Kier alpha value is -1.43. The zero-order valence-corrected chi connectivity index (χ0v) is 11.0. The molecule has 0 radical (unpaired) electrons. The number of anilines is 1. The number of hydrogen-bond acceptors (Lipinski definition) is 5. The standard InChI is InChI=1S/C13H14ClN3O2/c14-9-1-2-10-11(3-9)16-8-17-12(10)15-4-13(5-18)6-19-7-13/h1-3,8,18H,4-7H2,(H,15,16,17). The van der Waals surface area contributed by atoms with Gasteiger partial charge in [0.05, 0.1) is 30.8 Å². The van der Waals surface area contributed by atoms with Gasteiger partial charge >= 0.3 is 0 Å². The van der Waals surface area contributed by atoms with Gasteiger partial charge in [0.1, 0.15) is 12.1 Å². The van der Waals surface area contributed by atoms with Crippen molar-refractivity contribution in [2.24, 2.45) is 5.41 Å². The summed E-state index contributed by atoms with van der Waals surface area (Å²) in [6, 6.07) is 5.51. The SMILES string of the molecule is OCC1(CNc2ncnc3cc(Cl)ccc23)COC1. The van der Waals surface area contributed by atoms with Gasteiger partial charge in [-0.3, -0.25) is 0 Å². The highest BCUT2D eigenvalue weighted by atomic mass is 35.5. The first-order chi connectivity index (χ1) is 9.22. The number of nitrogens with zero attached hydrogens (tertiary/aromatic N) is 2. The minimum absolute atomic E-state index is 0.106. The van der Waals surface area contributed by atoms with Crippen LogP contribution in [0.2, 0.25) is 5.02 Å². The molecule has 6 heteroatoms. The molecule has 0 aliphatic carbocycles. The Morgan fingerprint density at radius 2 is 2.21 bits per heavy atom. The Bertz CT molecular complexity index is 596. The number of benzene rings is 1. The lowest BCUT2D eigenvalue weighted by Crippen LogP contribution is -2.50. The minimum atomic E-state index is -0.191. The molecule has 19 heavy (non-hydrogen) atoms. The smallest absolute Gasteiger partial charge is 0.137 e. The van der Waals surface area contributed by atoms with Crippen molar-refractivity contribution in [3.63, 3.8) is 0 Å². The van der Waals surface area contributed by atoms with E-state index in [9.17, 15) is 5.11 Å². The maximum atomic E-state index is 9.39. The zero-order chi connectivity index (χ0) is 13.3. The first kappa shape index (κ1) is 12.6. The van der Waals surface area contributed by atoms with Gasteiger partial charge in [-0.25, -0.2) is 9.97 Å². The van der Waals surface area contributed by atoms with Crippen LogP contribution in [0.4, 0.5) is 5.82 Å². The first-order valence-electron chi connectivity index (χ1n) is 6.05. The van der Waals surface area contributed by atoms with Gasteiger partial charge in [-0.05, 0) is 18.2 Å². The molecule has 0 unspecified atom stereocenters. The predicted octanol–water partition coefficient (Wildman–Crippen LogP) is 1.70. The van der Waals surface area contributed by atoms with Crippen molar-refractivity contribution in [3.05, 3.63) is 29.5 Å². The number of nitrogens with one attached hydrogen (secondary N) is 1. The van der Waals surface area contributed by atoms with Crippen molar-refractivity contribution in [3.8, 4) is 0 Å². The van der Waals surface area contributed by atoms with Crippen LogP contribution in [0.25, 0.3) is 10.9 Å². The third-order valence-electron chi connectivity index (χ3n) is 3.38. The van der Waals surface area contributed by atoms with Crippen molar-refractivity contribution in [1.82, 2.24) is 9.97 Å². The monoisotopic (exact) mass is 279 g/mol. The van der Waals surface area contributed by atoms with E-state index in [1.807, 2.05) is 12.1 Å². The lowest BCUT2D eigenvalue weighted by molar-refractivity contribution is -0.128. The fourth-order valence-electron chi connectivity index (χ4n) is 2.08. The van der Waals surface area contributed by atoms with Gasteiger partial charge in [-0.1, -0.05) is 11.6 Å². The van der Waals surface area contributed by atoms with E-state index < -0.39 is 0 Å². The summed E-state index contributed by atoms with van der Waals surface area (Å²) >= 11 is 5.94. The molecule has 1 aliphatic heterocycles. The van der Waals surface area contributed by atoms with Crippen molar-refractivity contribution in [2.45, 2.75) is 0 Å². The third-order valence-corrected chi connectivity index (χ3v) is 3.62. The molecule has 1 aromatic carbocycles. The number of ether oxygens (including phenoxy) is 1. The van der Waals surface area contributed by atoms with E-state index in [-0.39, 0.29) is 12.0 Å². The summed E-state index contributed by atoms with van der Waals surface area (Å²) in [5, 5.41) is 14.2. The number of halogens is 1. The van der Waals surface area contributed by atoms with Gasteiger partial charge < -0.3 is 15.2 Å². The maximum absolute atomic E-state index is 9.39. The predicted molar refractivity (Wildman–Crippen MR) is 73.4 cm³/mol. The van der Waals surface area contributed by atoms with E-state index >= 15 is 0 Å². The Balaban J connectivity index is 1.84. The van der Waals surface area contributed by atoms with Crippen LogP contribution >= 0.6 is 11.6 Å². The lowest BCUT2D eigenvalue weighted by Gasteiger charge is -2.40. The van der Waals surface area contributed by atoms with Gasteiger partial charge in [0.15, 0.2) is 0 Å². The van der Waals surface area contributed by atoms with E-state index in [0.29, 0.717) is 24.8 Å². The van der Waals surface area contributed by atoms with Crippen molar-refractivity contribution in [2.75, 3.05) is 31.7 Å². The highest BCUT2D eigenvalue weighted by Gasteiger charge is 2.38. The normalized spacial score (nSPS) is 17.2. The van der Waals surface area contributed by atoms with Crippen LogP contribution in [0.1, 0.15) is 0 Å². The quantitative estimate of drug-likeness (QED) is 0.892. The second-order valence-corrected chi connectivity index (χ2v) is 5.32. The first-order valence-corrected chi connectivity index (χ1v) is 6.43. The summed E-state index contributed by atoms with van der Waals surface area (Å²) < 4.78 is 5.17. The van der Waals surface area contributed by atoms with Crippen LogP contribution in [-0.4, -0.2) is 41.4 Å². The number of hydrogen-bond donors (Lipinski definition) is 2. The lowest BCUT2D eigenvalue weighted by atomic mass is 9.87. The van der Waals surface area contributed by atoms with Gasteiger partial charge in [-0.15, -0.1) is 0 Å². The molecule has 0 spiro atoms. The molecule has 1 fully saturated rings. The van der Waals surface area contributed by atoms with Crippen molar-refractivity contribution in [1.29, 1.82) is 0 Å². The molecule has 1 aromatic heterocycles. The largest absolute Gasteiger partial charge is 0.396 e. The van der Waals surface area contributed by atoms with E-state index in [0.717, 1.165) is 16.7 Å². The van der Waals surface area contributed by atoms with E-state index in [4.69, 9.17) is 16.3 Å². The van der Waals surface area contributed by atoms with Crippen molar-refractivity contribution < 1.29 is 9.84 Å².